The number of ether oxygens (including phenoxy) is 1. The highest BCUT2D eigenvalue weighted by Crippen LogP contribution is 2.57. The van der Waals surface area contributed by atoms with Gasteiger partial charge in [0.1, 0.15) is 11.6 Å². The molecule has 2 N–H and O–H groups in total. The number of aliphatic carboxylic acids is 1. The maximum absolute atomic E-state index is 14.4. The summed E-state index contributed by atoms with van der Waals surface area (Å²) in [4.78, 5) is 69.4. The Bertz CT molecular complexity index is 1830. The van der Waals surface area contributed by atoms with Crippen LogP contribution in [0, 0.1) is 11.3 Å². The summed E-state index contributed by atoms with van der Waals surface area (Å²) in [5.41, 5.74) is 0.534. The molecule has 2 amide bonds. The Morgan fingerprint density at radius 2 is 1.84 bits per heavy atom. The second kappa shape index (κ2) is 14.3. The lowest BCUT2D eigenvalue weighted by Gasteiger charge is -2.30. The van der Waals surface area contributed by atoms with Crippen LogP contribution in [0.2, 0.25) is 0 Å². The lowest BCUT2D eigenvalue weighted by Crippen LogP contribution is -2.52. The number of nitrogens with one attached hydrogen (secondary N) is 1. The van der Waals surface area contributed by atoms with Crippen LogP contribution in [0.3, 0.4) is 0 Å². The van der Waals surface area contributed by atoms with Crippen molar-refractivity contribution >= 4 is 35.1 Å². The predicted octanol–water partition coefficient (Wildman–Crippen LogP) is 6.24. The van der Waals surface area contributed by atoms with Crippen LogP contribution in [-0.2, 0) is 19.1 Å². The van der Waals surface area contributed by atoms with Crippen molar-refractivity contribution in [3.05, 3.63) is 75.7 Å². The van der Waals surface area contributed by atoms with Crippen molar-refractivity contribution in [2.75, 3.05) is 6.54 Å². The Balaban J connectivity index is 1.38. The number of rotatable bonds is 5. The van der Waals surface area contributed by atoms with Gasteiger partial charge >= 0.3 is 12.1 Å². The van der Waals surface area contributed by atoms with Crippen molar-refractivity contribution in [2.24, 2.45) is 11.3 Å². The van der Waals surface area contributed by atoms with Crippen molar-refractivity contribution in [1.29, 1.82) is 0 Å². The third-order valence-corrected chi connectivity index (χ3v) is 10.6. The molecule has 6 rings (SSSR count). The first kappa shape index (κ1) is 35.3. The smallest absolute Gasteiger partial charge is 0.408 e. The number of hydrogen-bond donors (Lipinski definition) is 2. The molecule has 3 aliphatic rings. The van der Waals surface area contributed by atoms with Crippen molar-refractivity contribution in [1.82, 2.24) is 20.0 Å². The standard InChI is InChI=1S/C38H44N4O7S/c1-37(2,3)49-36(48)39-29-15-11-6-4-5-10-14-26-20-38(26,35(46)47)21-31(43)30-18-27(22-41(30)34(29)45)42-32(44)19-28(25-16-17-50-23-25)33(40-42)24-12-8-7-9-13-24/h7-10,12-14,16-17,19,23,26-27,29-30H,4-6,11,15,18,20-22H2,1-3H3,(H,39,48)(H,46,47)/b14-10-/t26-,27-,29+,30+,38-/m1/s1. The molecule has 3 aromatic rings. The van der Waals surface area contributed by atoms with Gasteiger partial charge in [0.05, 0.1) is 23.2 Å². The Morgan fingerprint density at radius 3 is 2.54 bits per heavy atom. The normalized spacial score (nSPS) is 26.6. The van der Waals surface area contributed by atoms with Gasteiger partial charge in [-0.3, -0.25) is 19.2 Å². The van der Waals surface area contributed by atoms with Gasteiger partial charge in [-0.1, -0.05) is 55.3 Å². The first-order valence-electron chi connectivity index (χ1n) is 17.3. The van der Waals surface area contributed by atoms with E-state index < -0.39 is 47.1 Å². The zero-order valence-corrected chi connectivity index (χ0v) is 29.5. The van der Waals surface area contributed by atoms with Crippen molar-refractivity contribution < 1.29 is 29.0 Å². The molecule has 4 heterocycles. The molecule has 0 spiro atoms. The molecule has 0 unspecified atom stereocenters. The molecule has 1 aromatic carbocycles. The zero-order valence-electron chi connectivity index (χ0n) is 28.7. The largest absolute Gasteiger partial charge is 0.481 e. The summed E-state index contributed by atoms with van der Waals surface area (Å²) in [5, 5.41) is 21.8. The molecule has 1 saturated heterocycles. The lowest BCUT2D eigenvalue weighted by molar-refractivity contribution is -0.147. The van der Waals surface area contributed by atoms with Crippen molar-refractivity contribution in [3.8, 4) is 22.4 Å². The summed E-state index contributed by atoms with van der Waals surface area (Å²) in [5.74, 6) is -2.14. The van der Waals surface area contributed by atoms with E-state index in [1.165, 1.54) is 20.9 Å². The maximum atomic E-state index is 14.4. The molecule has 50 heavy (non-hydrogen) atoms. The first-order chi connectivity index (χ1) is 23.9. The fraction of sp³-hybridized carbons (Fsp3) is 0.474. The van der Waals surface area contributed by atoms with Crippen LogP contribution >= 0.6 is 11.3 Å². The van der Waals surface area contributed by atoms with E-state index in [2.05, 4.69) is 5.32 Å². The van der Waals surface area contributed by atoms with Crippen LogP contribution in [0.1, 0.15) is 78.2 Å². The summed E-state index contributed by atoms with van der Waals surface area (Å²) >= 11 is 1.51. The van der Waals surface area contributed by atoms with Gasteiger partial charge in [-0.25, -0.2) is 9.48 Å². The maximum Gasteiger partial charge on any atom is 0.408 e. The minimum Gasteiger partial charge on any atom is -0.481 e. The van der Waals surface area contributed by atoms with Gasteiger partial charge in [0, 0.05) is 30.2 Å². The van der Waals surface area contributed by atoms with E-state index in [4.69, 9.17) is 9.84 Å². The predicted molar refractivity (Wildman–Crippen MR) is 190 cm³/mol. The minimum absolute atomic E-state index is 0.00985. The lowest BCUT2D eigenvalue weighted by atomic mass is 9.91. The minimum atomic E-state index is -1.23. The number of carbonyl (C=O) groups is 4. The van der Waals surface area contributed by atoms with Crippen LogP contribution < -0.4 is 10.9 Å². The number of amides is 2. The third-order valence-electron chi connectivity index (χ3n) is 9.89. The zero-order chi connectivity index (χ0) is 35.6. The summed E-state index contributed by atoms with van der Waals surface area (Å²) in [6.07, 6.45) is 6.72. The Labute approximate surface area is 295 Å². The van der Waals surface area contributed by atoms with Gasteiger partial charge in [-0.15, -0.1) is 0 Å². The van der Waals surface area contributed by atoms with Gasteiger partial charge in [-0.05, 0) is 81.2 Å². The second-order valence-corrected chi connectivity index (χ2v) is 15.4. The molecule has 2 aliphatic heterocycles. The van der Waals surface area contributed by atoms with Crippen LogP contribution in [0.15, 0.2) is 70.2 Å². The summed E-state index contributed by atoms with van der Waals surface area (Å²) in [6.45, 7) is 5.20. The van der Waals surface area contributed by atoms with Gasteiger partial charge in [0.25, 0.3) is 5.56 Å². The van der Waals surface area contributed by atoms with Gasteiger partial charge in [0.15, 0.2) is 5.78 Å². The van der Waals surface area contributed by atoms with Crippen molar-refractivity contribution in [3.63, 3.8) is 0 Å². The number of thiophene rings is 1. The van der Waals surface area contributed by atoms with Crippen LogP contribution in [-0.4, -0.2) is 67.8 Å². The number of benzene rings is 1. The van der Waals surface area contributed by atoms with E-state index in [0.29, 0.717) is 30.5 Å². The van der Waals surface area contributed by atoms with Crippen LogP contribution in [0.25, 0.3) is 22.4 Å². The summed E-state index contributed by atoms with van der Waals surface area (Å²) < 4.78 is 6.85. The Kier molecular flexibility index (Phi) is 10.1. The quantitative estimate of drug-likeness (QED) is 0.297. The van der Waals surface area contributed by atoms with Crippen molar-refractivity contribution in [2.45, 2.75) is 95.9 Å². The average Bonchev–Trinajstić information content (AvgIpc) is 3.39. The fourth-order valence-corrected chi connectivity index (χ4v) is 7.87. The van der Waals surface area contributed by atoms with Gasteiger partial charge in [0.2, 0.25) is 5.91 Å². The number of aromatic nitrogens is 2. The molecular formula is C38H44N4O7S. The van der Waals surface area contributed by atoms with E-state index in [1.807, 2.05) is 59.3 Å². The van der Waals surface area contributed by atoms with Crippen LogP contribution in [0.4, 0.5) is 4.79 Å². The number of Topliss-reactive ketones (excluding diaryl/α,β-unsaturated/α-hetero) is 1. The number of nitrogens with zero attached hydrogens (tertiary/aromatic N) is 3. The molecule has 0 radical (unpaired) electrons. The number of carboxylic acids is 1. The topological polar surface area (TPSA) is 148 Å². The molecule has 12 heteroatoms. The Morgan fingerprint density at radius 1 is 1.06 bits per heavy atom. The summed E-state index contributed by atoms with van der Waals surface area (Å²) in [7, 11) is 0. The molecule has 2 aromatic heterocycles. The van der Waals surface area contributed by atoms with Crippen LogP contribution in [0.5, 0.6) is 0 Å². The Hall–Kier alpha value is -4.58. The number of fused-ring (bicyclic) bond motifs is 2. The number of ketones is 1. The second-order valence-electron chi connectivity index (χ2n) is 14.6. The van der Waals surface area contributed by atoms with E-state index in [9.17, 15) is 29.1 Å². The molecule has 1 aliphatic carbocycles. The summed E-state index contributed by atoms with van der Waals surface area (Å²) in [6, 6.07) is 10.3. The SMILES string of the molecule is CC(C)(C)OC(=O)N[C@H]1CCCCC/C=C\[C@@H]2C[C@@]2(C(=O)O)CC(=O)[C@@H]2C[C@@H](n3nc(-c4ccccc4)c(-c4ccsc4)cc3=O)CN2C1=O. The molecule has 264 valence electrons. The van der Waals surface area contributed by atoms with E-state index in [-0.39, 0.29) is 36.6 Å². The first-order valence-corrected chi connectivity index (χ1v) is 18.3. The van der Waals surface area contributed by atoms with E-state index >= 15 is 0 Å². The number of carboxylic acid groups (broad SMARTS) is 1. The molecular weight excluding hydrogens is 657 g/mol. The fourth-order valence-electron chi connectivity index (χ4n) is 7.21. The highest BCUT2D eigenvalue weighted by Gasteiger charge is 2.61. The highest BCUT2D eigenvalue weighted by atomic mass is 32.1. The highest BCUT2D eigenvalue weighted by molar-refractivity contribution is 7.08. The third kappa shape index (κ3) is 7.60. The number of carbonyl (C=O) groups excluding carboxylic acids is 3. The number of hydrogen-bond acceptors (Lipinski definition) is 8. The van der Waals surface area contributed by atoms with E-state index in [0.717, 1.165) is 30.4 Å². The van der Waals surface area contributed by atoms with Gasteiger partial charge in [-0.2, -0.15) is 16.4 Å². The molecule has 5 atom stereocenters. The number of alkyl carbamates (subject to hydrolysis) is 1. The number of allylic oxidation sites excluding steroid dienone is 2. The molecule has 11 nitrogen and oxygen atoms in total. The molecule has 1 saturated carbocycles. The molecule has 0 bridgehead atoms. The van der Waals surface area contributed by atoms with Gasteiger partial charge < -0.3 is 20.1 Å². The monoisotopic (exact) mass is 700 g/mol. The molecule has 2 fully saturated rings. The van der Waals surface area contributed by atoms with E-state index in [1.54, 1.807) is 26.8 Å². The average molecular weight is 701 g/mol.